The number of ether oxygens (including phenoxy) is 2. The lowest BCUT2D eigenvalue weighted by molar-refractivity contribution is 0.000777. The Morgan fingerprint density at radius 2 is 1.27 bits per heavy atom. The lowest BCUT2D eigenvalue weighted by Crippen LogP contribution is -2.50. The Kier molecular flexibility index (Phi) is 13.3. The Bertz CT molecular complexity index is 1070. The van der Waals surface area contributed by atoms with Crippen molar-refractivity contribution in [2.24, 2.45) is 0 Å². The number of nitrogens with zero attached hydrogens (tertiary/aromatic N) is 1. The maximum Gasteiger partial charge on any atom is 0.419 e. The number of rotatable bonds is 12. The van der Waals surface area contributed by atoms with Crippen LogP contribution < -0.4 is 0 Å². The molecule has 0 fully saturated rings. The van der Waals surface area contributed by atoms with E-state index in [1.807, 2.05) is 0 Å². The summed E-state index contributed by atoms with van der Waals surface area (Å²) in [5.74, 6) is 0. The SMILES string of the molecule is CC(C)[Si](OC(/C=C/S(=O)(=O)c1ccccc1)CCCN(C(=O)OC(C)(C)C)C(=O)OC(C)(C)C)(C(C)C)C(C)C. The topological polar surface area (TPSA) is 99.2 Å². The molecule has 1 rings (SSSR count). The average Bonchev–Trinajstić information content (AvgIpc) is 2.80. The number of sulfone groups is 1. The summed E-state index contributed by atoms with van der Waals surface area (Å²) in [7, 11) is -6.08. The third-order valence-corrected chi connectivity index (χ3v) is 14.3. The quantitative estimate of drug-likeness (QED) is 0.219. The van der Waals surface area contributed by atoms with Crippen LogP contribution >= 0.6 is 0 Å². The monoisotopic (exact) mass is 611 g/mol. The average molecular weight is 612 g/mol. The van der Waals surface area contributed by atoms with Crippen LogP contribution in [0.5, 0.6) is 0 Å². The molecular weight excluding hydrogens is 558 g/mol. The number of carbonyl (C=O) groups is 2. The Balaban J connectivity index is 3.36. The molecule has 0 aromatic heterocycles. The smallest absolute Gasteiger partial charge is 0.419 e. The molecule has 0 aliphatic rings. The number of hydrogen-bond donors (Lipinski definition) is 0. The van der Waals surface area contributed by atoms with Gasteiger partial charge < -0.3 is 13.9 Å². The Morgan fingerprint density at radius 3 is 1.66 bits per heavy atom. The minimum atomic E-state index is -3.68. The summed E-state index contributed by atoms with van der Waals surface area (Å²) in [4.78, 5) is 27.1. The second-order valence-corrected chi connectivity index (χ2v) is 20.7. The first-order chi connectivity index (χ1) is 18.6. The first-order valence-electron chi connectivity index (χ1n) is 14.5. The van der Waals surface area contributed by atoms with E-state index >= 15 is 0 Å². The molecule has 0 radical (unpaired) electrons. The highest BCUT2D eigenvalue weighted by atomic mass is 32.2. The zero-order chi connectivity index (χ0) is 31.8. The van der Waals surface area contributed by atoms with Gasteiger partial charge in [0.15, 0.2) is 9.84 Å². The molecule has 1 aromatic rings. The summed E-state index contributed by atoms with van der Waals surface area (Å²) >= 11 is 0. The van der Waals surface area contributed by atoms with Crippen LogP contribution in [-0.2, 0) is 23.7 Å². The predicted octanol–water partition coefficient (Wildman–Crippen LogP) is 8.49. The van der Waals surface area contributed by atoms with Gasteiger partial charge in [0.2, 0.25) is 8.32 Å². The lowest BCUT2D eigenvalue weighted by Gasteiger charge is -2.44. The minimum absolute atomic E-state index is 0.0303. The van der Waals surface area contributed by atoms with E-state index in [1.54, 1.807) is 78.0 Å². The van der Waals surface area contributed by atoms with Crippen LogP contribution in [0, 0.1) is 0 Å². The van der Waals surface area contributed by atoms with Gasteiger partial charge in [0.1, 0.15) is 11.2 Å². The van der Waals surface area contributed by atoms with Gasteiger partial charge >= 0.3 is 12.2 Å². The largest absolute Gasteiger partial charge is 0.443 e. The molecule has 0 spiro atoms. The van der Waals surface area contributed by atoms with Gasteiger partial charge in [-0.1, -0.05) is 59.7 Å². The highest BCUT2D eigenvalue weighted by molar-refractivity contribution is 7.94. The summed E-state index contributed by atoms with van der Waals surface area (Å²) in [5.41, 5.74) is -0.749. The van der Waals surface area contributed by atoms with Crippen LogP contribution in [0.1, 0.15) is 95.9 Å². The summed E-state index contributed by atoms with van der Waals surface area (Å²) in [6.07, 6.45) is 0.249. The van der Waals surface area contributed by atoms with Crippen molar-refractivity contribution in [1.82, 2.24) is 4.90 Å². The van der Waals surface area contributed by atoms with Crippen LogP contribution in [0.2, 0.25) is 16.6 Å². The van der Waals surface area contributed by atoms with Crippen LogP contribution in [0.25, 0.3) is 0 Å². The molecule has 0 heterocycles. The summed E-state index contributed by atoms with van der Waals surface area (Å²) in [6.45, 7) is 23.4. The van der Waals surface area contributed by atoms with Gasteiger partial charge in [-0.15, -0.1) is 0 Å². The Labute approximate surface area is 249 Å². The van der Waals surface area contributed by atoms with E-state index in [0.29, 0.717) is 12.8 Å². The normalized spacial score (nSPS) is 14.1. The van der Waals surface area contributed by atoms with E-state index in [-0.39, 0.29) is 28.1 Å². The number of hydrogen-bond acceptors (Lipinski definition) is 7. The highest BCUT2D eigenvalue weighted by Gasteiger charge is 2.46. The van der Waals surface area contributed by atoms with Crippen molar-refractivity contribution in [3.8, 4) is 0 Å². The van der Waals surface area contributed by atoms with Gasteiger partial charge in [-0.25, -0.2) is 22.9 Å². The maximum atomic E-state index is 13.1. The molecule has 8 nitrogen and oxygen atoms in total. The molecule has 1 aromatic carbocycles. The first-order valence-corrected chi connectivity index (χ1v) is 18.2. The van der Waals surface area contributed by atoms with Crippen molar-refractivity contribution in [1.29, 1.82) is 0 Å². The van der Waals surface area contributed by atoms with Crippen molar-refractivity contribution in [3.05, 3.63) is 41.8 Å². The van der Waals surface area contributed by atoms with Crippen molar-refractivity contribution in [2.75, 3.05) is 6.54 Å². The van der Waals surface area contributed by atoms with Gasteiger partial charge in [-0.05, 0) is 89.2 Å². The molecule has 2 amide bonds. The van der Waals surface area contributed by atoms with E-state index in [9.17, 15) is 18.0 Å². The van der Waals surface area contributed by atoms with E-state index in [2.05, 4.69) is 41.5 Å². The predicted molar refractivity (Wildman–Crippen MR) is 167 cm³/mol. The molecule has 0 saturated carbocycles. The van der Waals surface area contributed by atoms with Gasteiger partial charge in [-0.2, -0.15) is 0 Å². The van der Waals surface area contributed by atoms with Crippen LogP contribution in [0.4, 0.5) is 9.59 Å². The van der Waals surface area contributed by atoms with Gasteiger partial charge in [0.25, 0.3) is 0 Å². The summed E-state index contributed by atoms with van der Waals surface area (Å²) < 4.78 is 44.0. The van der Waals surface area contributed by atoms with Gasteiger partial charge in [-0.3, -0.25) is 0 Å². The van der Waals surface area contributed by atoms with E-state index in [0.717, 1.165) is 4.90 Å². The fourth-order valence-corrected chi connectivity index (χ4v) is 11.7. The van der Waals surface area contributed by atoms with Crippen molar-refractivity contribution in [2.45, 2.75) is 135 Å². The second-order valence-electron chi connectivity index (χ2n) is 13.4. The Hall–Kier alpha value is -2.17. The molecule has 0 aliphatic carbocycles. The number of amides is 2. The summed E-state index contributed by atoms with van der Waals surface area (Å²) in [5, 5.41) is 1.21. The standard InChI is InChI=1S/C31H53NO7SSi/c1-23(2)41(24(3)4,25(5)6)39-26(20-22-40(35,36)27-18-14-13-15-19-27)17-16-21-32(28(33)37-30(7,8)9)29(34)38-31(10,11)12/h13-15,18-20,22-26H,16-17,21H2,1-12H3/b22-20+. The third-order valence-electron chi connectivity index (χ3n) is 6.70. The number of carbonyl (C=O) groups excluding carboxylic acids is 2. The first kappa shape index (κ1) is 36.9. The van der Waals surface area contributed by atoms with Crippen LogP contribution in [-0.4, -0.2) is 57.7 Å². The fourth-order valence-electron chi connectivity index (χ4n) is 5.09. The highest BCUT2D eigenvalue weighted by Crippen LogP contribution is 2.43. The summed E-state index contributed by atoms with van der Waals surface area (Å²) in [6, 6.07) is 8.26. The Morgan fingerprint density at radius 1 is 0.829 bits per heavy atom. The molecule has 10 heteroatoms. The van der Waals surface area contributed by atoms with Crippen molar-refractivity contribution in [3.63, 3.8) is 0 Å². The molecule has 0 N–H and O–H groups in total. The minimum Gasteiger partial charge on any atom is -0.443 e. The fraction of sp³-hybridized carbons (Fsp3) is 0.677. The zero-order valence-corrected chi connectivity index (χ0v) is 29.0. The van der Waals surface area contributed by atoms with E-state index < -0.39 is 47.6 Å². The number of benzene rings is 1. The lowest BCUT2D eigenvalue weighted by atomic mass is 10.2. The molecule has 1 atom stereocenters. The second kappa shape index (κ2) is 14.8. The van der Waals surface area contributed by atoms with Crippen molar-refractivity contribution >= 4 is 30.3 Å². The molecule has 0 saturated heterocycles. The van der Waals surface area contributed by atoms with Crippen LogP contribution in [0.15, 0.2) is 46.7 Å². The van der Waals surface area contributed by atoms with Gasteiger partial charge in [0.05, 0.1) is 11.0 Å². The third kappa shape index (κ3) is 11.6. The van der Waals surface area contributed by atoms with E-state index in [4.69, 9.17) is 13.9 Å². The van der Waals surface area contributed by atoms with E-state index in [1.165, 1.54) is 5.41 Å². The van der Waals surface area contributed by atoms with Gasteiger partial charge in [0, 0.05) is 12.0 Å². The maximum absolute atomic E-state index is 13.1. The zero-order valence-electron chi connectivity index (χ0n) is 27.2. The molecule has 0 bridgehead atoms. The van der Waals surface area contributed by atoms with Crippen molar-refractivity contribution < 1.29 is 31.9 Å². The van der Waals surface area contributed by atoms with Crippen LogP contribution in [0.3, 0.4) is 0 Å². The molecule has 0 aliphatic heterocycles. The molecule has 41 heavy (non-hydrogen) atoms. The molecule has 1 unspecified atom stereocenters. The molecule has 234 valence electrons. The molecular formula is C31H53NO7SSi. The number of imide groups is 1.